The molecule has 0 aliphatic carbocycles. The van der Waals surface area contributed by atoms with Crippen molar-refractivity contribution in [2.45, 2.75) is 151 Å². The van der Waals surface area contributed by atoms with Gasteiger partial charge in [0, 0.05) is 38.8 Å². The van der Waals surface area contributed by atoms with Gasteiger partial charge in [-0.15, -0.1) is 10.2 Å². The summed E-state index contributed by atoms with van der Waals surface area (Å²) < 4.78 is 15.3. The molecule has 2 fully saturated rings. The summed E-state index contributed by atoms with van der Waals surface area (Å²) in [6.45, 7) is 2.78. The van der Waals surface area contributed by atoms with Crippen molar-refractivity contribution in [1.82, 2.24) is 82.3 Å². The van der Waals surface area contributed by atoms with Gasteiger partial charge in [-0.2, -0.15) is 0 Å². The minimum Gasteiger partial charge on any atom is -0.487 e. The number of benzene rings is 6. The number of nitrogens with one attached hydrogen (secondary N) is 8. The van der Waals surface area contributed by atoms with Gasteiger partial charge in [-0.1, -0.05) is 156 Å². The Morgan fingerprint density at radius 1 is 0.481 bits per heavy atom. The molecule has 10 N–H and O–H groups in total. The Labute approximate surface area is 623 Å². The van der Waals surface area contributed by atoms with Crippen LogP contribution in [0.3, 0.4) is 0 Å². The number of carbonyl (C=O) groups excluding carboxylic acids is 8. The van der Waals surface area contributed by atoms with E-state index in [0.29, 0.717) is 45.1 Å². The highest BCUT2D eigenvalue weighted by Crippen LogP contribution is 2.34. The standard InChI is InChI=1S/C78H88N16O14/c1-47(79-3)69(95)85-67(53-21-13-7-14-22-53)75(101)91-43-57-39-65(91)73(99)81-61(35-29-49-17-9-5-10-18-49)71(97)83-63(77(103)104)37-51-27-33-60(34-28-51)108-46-56-42-94(90-88-56)58-40-66(92(44-58)76(102)68(54-23-15-8-16-24-54)86-70(96)48(2)80-4)74(100)82-62(36-30-50-19-11-6-12-20-50)72(98)84-64(78(105)106)38-52-25-31-59(32-26-52)107-45-55-41-93(57)89-87-55/h5-28,31-34,41-42,47-48,57-58,61-68,79-80H,29-30,35-40,43-46H2,1-4H3,(H,81,99)(H,82,100)(H,83,97)(H,84,98)(H,85,95)(H,86,96)(H,103,104)(H,105,106)/t47-,48-,57-,58-,61-,62-,63-,64-,65-,66-,67-,68-/m0/s1. The summed E-state index contributed by atoms with van der Waals surface area (Å²) in [5, 5.41) is 61.6. The number of carboxylic acids is 2. The van der Waals surface area contributed by atoms with Gasteiger partial charge in [-0.25, -0.2) is 19.0 Å². The average molecular weight is 1470 g/mol. The highest BCUT2D eigenvalue weighted by atomic mass is 16.5. The van der Waals surface area contributed by atoms with Crippen molar-refractivity contribution in [1.29, 1.82) is 0 Å². The van der Waals surface area contributed by atoms with E-state index in [2.05, 4.69) is 63.2 Å². The Balaban J connectivity index is 0.905. The summed E-state index contributed by atoms with van der Waals surface area (Å²) >= 11 is 0. The largest absolute Gasteiger partial charge is 0.487 e. The second kappa shape index (κ2) is 36.2. The number of rotatable bonds is 18. The highest BCUT2D eigenvalue weighted by molar-refractivity contribution is 5.98. The summed E-state index contributed by atoms with van der Waals surface area (Å²) in [6, 6.07) is 34.8. The topological polar surface area (TPSA) is 394 Å². The molecule has 30 nitrogen and oxygen atoms in total. The van der Waals surface area contributed by atoms with Crippen molar-refractivity contribution in [3.63, 3.8) is 0 Å². The lowest BCUT2D eigenvalue weighted by Crippen LogP contribution is -2.56. The van der Waals surface area contributed by atoms with E-state index in [-0.39, 0.29) is 77.7 Å². The molecule has 12 atom stereocenters. The smallest absolute Gasteiger partial charge is 0.326 e. The van der Waals surface area contributed by atoms with E-state index in [1.807, 2.05) is 60.7 Å². The maximum absolute atomic E-state index is 15.2. The van der Waals surface area contributed by atoms with E-state index in [4.69, 9.17) is 9.47 Å². The van der Waals surface area contributed by atoms with Crippen LogP contribution in [0.25, 0.3) is 0 Å². The number of hydrogen-bond donors (Lipinski definition) is 10. The van der Waals surface area contributed by atoms with E-state index in [1.54, 1.807) is 150 Å². The van der Waals surface area contributed by atoms with Crippen LogP contribution >= 0.6 is 0 Å². The molecular formula is C78H88N16O14. The van der Waals surface area contributed by atoms with Gasteiger partial charge >= 0.3 is 11.9 Å². The molecule has 12 bridgehead atoms. The molecule has 0 radical (unpaired) electrons. The van der Waals surface area contributed by atoms with E-state index in [1.165, 1.54) is 19.2 Å². The third-order valence-corrected chi connectivity index (χ3v) is 19.7. The first-order valence-corrected chi connectivity index (χ1v) is 35.8. The zero-order valence-corrected chi connectivity index (χ0v) is 60.1. The van der Waals surface area contributed by atoms with E-state index in [9.17, 15) is 39.0 Å². The fourth-order valence-corrected chi connectivity index (χ4v) is 13.3. The molecule has 2 saturated heterocycles. The molecular weight excluding hydrogens is 1380 g/mol. The first kappa shape index (κ1) is 76.9. The quantitative estimate of drug-likeness (QED) is 0.0588. The number of carboxylic acid groups (broad SMARTS) is 2. The Morgan fingerprint density at radius 2 is 0.833 bits per heavy atom. The summed E-state index contributed by atoms with van der Waals surface area (Å²) in [7, 11) is 3.20. The number of hydrogen-bond acceptors (Lipinski definition) is 18. The summed E-state index contributed by atoms with van der Waals surface area (Å²) in [5.74, 6) is -7.35. The van der Waals surface area contributed by atoms with Gasteiger partial charge in [-0.05, 0) is 111 Å². The van der Waals surface area contributed by atoms with Gasteiger partial charge in [0.15, 0.2) is 0 Å². The van der Waals surface area contributed by atoms with E-state index in [0.717, 1.165) is 11.1 Å². The van der Waals surface area contributed by atoms with Crippen LogP contribution in [0, 0.1) is 0 Å². The highest BCUT2D eigenvalue weighted by Gasteiger charge is 2.47. The Bertz CT molecular complexity index is 4160. The maximum Gasteiger partial charge on any atom is 0.326 e. The molecule has 6 aliphatic heterocycles. The van der Waals surface area contributed by atoms with Crippen LogP contribution in [0.1, 0.15) is 108 Å². The lowest BCUT2D eigenvalue weighted by molar-refractivity contribution is -0.143. The van der Waals surface area contributed by atoms with E-state index < -0.39 is 132 Å². The van der Waals surface area contributed by atoms with Gasteiger partial charge in [0.25, 0.3) is 11.8 Å². The Kier molecular flexibility index (Phi) is 25.8. The van der Waals surface area contributed by atoms with Crippen molar-refractivity contribution in [2.75, 3.05) is 27.2 Å². The van der Waals surface area contributed by atoms with Gasteiger partial charge in [-0.3, -0.25) is 38.4 Å². The molecule has 108 heavy (non-hydrogen) atoms. The summed E-state index contributed by atoms with van der Waals surface area (Å²) in [6.07, 6.45) is 3.30. The minimum absolute atomic E-state index is 0.0122. The van der Waals surface area contributed by atoms with Crippen LogP contribution in [-0.4, -0.2) is 185 Å². The molecule has 8 amide bonds. The van der Waals surface area contributed by atoms with Crippen LogP contribution in [0.5, 0.6) is 11.5 Å². The second-order valence-electron chi connectivity index (χ2n) is 27.1. The number of aryl methyl sites for hydroxylation is 2. The van der Waals surface area contributed by atoms with Crippen LogP contribution in [0.15, 0.2) is 182 Å². The molecule has 8 heterocycles. The van der Waals surface area contributed by atoms with Crippen LogP contribution in [0.4, 0.5) is 0 Å². The monoisotopic (exact) mass is 1470 g/mol. The van der Waals surface area contributed by atoms with E-state index >= 15 is 19.2 Å². The van der Waals surface area contributed by atoms with Gasteiger partial charge in [0.05, 0.1) is 36.6 Å². The first-order valence-electron chi connectivity index (χ1n) is 35.8. The van der Waals surface area contributed by atoms with Crippen molar-refractivity contribution in [3.8, 4) is 11.5 Å². The number of aromatic nitrogens is 6. The lowest BCUT2D eigenvalue weighted by Gasteiger charge is -2.30. The minimum atomic E-state index is -1.50. The number of likely N-dealkylation sites (tertiary alicyclic amines) is 2. The molecule has 0 unspecified atom stereocenters. The van der Waals surface area contributed by atoms with Crippen LogP contribution in [0.2, 0.25) is 0 Å². The number of aliphatic carboxylic acids is 2. The normalized spacial score (nSPS) is 21.3. The Hall–Kier alpha value is -12.2. The maximum atomic E-state index is 15.2. The molecule has 30 heteroatoms. The molecule has 8 aromatic rings. The fraction of sp³-hybridized carbons (Fsp3) is 0.359. The van der Waals surface area contributed by atoms with Gasteiger partial charge < -0.3 is 72.0 Å². The molecule has 564 valence electrons. The zero-order chi connectivity index (χ0) is 76.4. The van der Waals surface area contributed by atoms with Crippen LogP contribution < -0.4 is 52.0 Å². The van der Waals surface area contributed by atoms with Crippen molar-refractivity contribution >= 4 is 59.2 Å². The molecule has 14 rings (SSSR count). The molecule has 6 aliphatic rings. The SMILES string of the molecule is CN[C@@H](C)C(=O)N[C@H](C(=O)N1C[C@@H]2C[C@H]1C(=O)N[C@@H](CCc1ccccc1)C(=O)N[C@H](C(=O)O)Cc1ccc(cc1)OCc1cn(nn1)[C@H]1C[C@@H](C(=O)N[C@@H](CCc3ccccc3)C(=O)N[C@H](C(=O)O)Cc3ccc(cc3)OCc3cn2nn3)N(C(=O)[C@@H](NC(=O)[C@H](C)NC)c2ccccc2)C1)c1ccccc1. The Morgan fingerprint density at radius 3 is 1.18 bits per heavy atom. The predicted octanol–water partition coefficient (Wildman–Crippen LogP) is 3.42. The van der Waals surface area contributed by atoms with Crippen molar-refractivity contribution in [3.05, 3.63) is 227 Å². The van der Waals surface area contributed by atoms with Gasteiger partial charge in [0.2, 0.25) is 35.4 Å². The van der Waals surface area contributed by atoms with Crippen molar-refractivity contribution < 1.29 is 67.6 Å². The number of ether oxygens (including phenoxy) is 2. The number of nitrogens with zero attached hydrogens (tertiary/aromatic N) is 8. The second-order valence-corrected chi connectivity index (χ2v) is 27.1. The summed E-state index contributed by atoms with van der Waals surface area (Å²) in [4.78, 5) is 146. The predicted molar refractivity (Wildman–Crippen MR) is 392 cm³/mol. The third kappa shape index (κ3) is 19.8. The summed E-state index contributed by atoms with van der Waals surface area (Å²) in [5.41, 5.74) is 4.19. The number of carbonyl (C=O) groups is 10. The molecule has 0 saturated carbocycles. The number of likely N-dealkylation sites (N-methyl/N-ethyl adjacent to an activating group) is 2. The number of amides is 8. The zero-order valence-electron chi connectivity index (χ0n) is 60.1. The first-order chi connectivity index (χ1) is 52.2. The van der Waals surface area contributed by atoms with Crippen molar-refractivity contribution in [2.24, 2.45) is 0 Å². The average Bonchev–Trinajstić information content (AvgIpc) is 1.63. The molecule has 6 aromatic carbocycles. The van der Waals surface area contributed by atoms with Crippen LogP contribution in [-0.2, 0) is 86.8 Å². The lowest BCUT2D eigenvalue weighted by atomic mass is 10.0. The molecule has 2 aromatic heterocycles. The van der Waals surface area contributed by atoms with Gasteiger partial charge in [0.1, 0.15) is 84.4 Å². The molecule has 0 spiro atoms. The third-order valence-electron chi connectivity index (χ3n) is 19.7. The fourth-order valence-electron chi connectivity index (χ4n) is 13.3.